The first-order valence-electron chi connectivity index (χ1n) is 8.75. The number of nitrogens with zero attached hydrogens (tertiary/aromatic N) is 1. The third-order valence-corrected chi connectivity index (χ3v) is 5.10. The molecule has 2 aromatic carbocycles. The summed E-state index contributed by atoms with van der Waals surface area (Å²) >= 11 is 0.831. The Morgan fingerprint density at radius 3 is 2.52 bits per heavy atom. The Balaban J connectivity index is 1.66. The van der Waals surface area contributed by atoms with Gasteiger partial charge in [0.2, 0.25) is 0 Å². The fourth-order valence-electron chi connectivity index (χ4n) is 2.73. The van der Waals surface area contributed by atoms with Gasteiger partial charge >= 0.3 is 5.97 Å². The monoisotopic (exact) mass is 413 g/mol. The van der Waals surface area contributed by atoms with Crippen molar-refractivity contribution in [2.24, 2.45) is 0 Å². The van der Waals surface area contributed by atoms with Crippen LogP contribution < -0.4 is 10.4 Å². The molecule has 1 saturated heterocycles. The molecule has 0 aromatic heterocycles. The smallest absolute Gasteiger partial charge is 0.338 e. The van der Waals surface area contributed by atoms with Gasteiger partial charge in [-0.1, -0.05) is 18.2 Å². The Labute approximate surface area is 170 Å². The van der Waals surface area contributed by atoms with Crippen molar-refractivity contribution in [2.45, 2.75) is 18.8 Å². The highest BCUT2D eigenvalue weighted by molar-refractivity contribution is 8.15. The first-order valence-corrected chi connectivity index (χ1v) is 9.63. The van der Waals surface area contributed by atoms with Gasteiger partial charge in [-0.25, -0.2) is 4.79 Å². The number of esters is 1. The molecule has 29 heavy (non-hydrogen) atoms. The number of rotatable bonds is 7. The van der Waals surface area contributed by atoms with E-state index in [1.165, 1.54) is 18.2 Å². The number of imide groups is 1. The predicted octanol–water partition coefficient (Wildman–Crippen LogP) is 1.86. The van der Waals surface area contributed by atoms with E-state index in [4.69, 9.17) is 4.74 Å². The van der Waals surface area contributed by atoms with Crippen molar-refractivity contribution in [3.63, 3.8) is 0 Å². The number of carboxylic acid groups (broad SMARTS) is 1. The third-order valence-electron chi connectivity index (χ3n) is 4.13. The number of carboxylic acids is 1. The van der Waals surface area contributed by atoms with Gasteiger partial charge in [0.05, 0.1) is 24.7 Å². The van der Waals surface area contributed by atoms with Crippen LogP contribution in [0.3, 0.4) is 0 Å². The number of benzene rings is 2. The molecule has 0 radical (unpaired) electrons. The molecule has 0 bridgehead atoms. The Kier molecular flexibility index (Phi) is 6.18. The number of carbonyl (C=O) groups excluding carboxylic acids is 4. The summed E-state index contributed by atoms with van der Waals surface area (Å²) in [5.41, 5.74) is 1.44. The molecule has 3 rings (SSSR count). The lowest BCUT2D eigenvalue weighted by Gasteiger charge is -2.16. The number of hydrogen-bond acceptors (Lipinski definition) is 8. The van der Waals surface area contributed by atoms with Crippen molar-refractivity contribution >= 4 is 40.5 Å². The van der Waals surface area contributed by atoms with Crippen LogP contribution in [-0.4, -0.2) is 40.0 Å². The van der Waals surface area contributed by atoms with E-state index in [0.717, 1.165) is 16.7 Å². The molecule has 8 nitrogen and oxygen atoms in total. The van der Waals surface area contributed by atoms with Gasteiger partial charge in [-0.2, -0.15) is 0 Å². The molecule has 0 unspecified atom stereocenters. The van der Waals surface area contributed by atoms with E-state index >= 15 is 0 Å². The van der Waals surface area contributed by atoms with Crippen LogP contribution in [0.4, 0.5) is 10.5 Å². The summed E-state index contributed by atoms with van der Waals surface area (Å²) in [5.74, 6) is -2.20. The SMILES string of the molecule is CCOC(=O)c1ccc(N[C@H]2SC(=O)N(Cc3cccc(C(=O)[O-])c3)C2=O)cc1. The van der Waals surface area contributed by atoms with Crippen LogP contribution in [0.1, 0.15) is 33.2 Å². The lowest BCUT2D eigenvalue weighted by Crippen LogP contribution is -2.34. The molecule has 1 N–H and O–H groups in total. The van der Waals surface area contributed by atoms with Gasteiger partial charge in [-0.05, 0) is 60.1 Å². The van der Waals surface area contributed by atoms with Crippen molar-refractivity contribution in [3.8, 4) is 0 Å². The minimum absolute atomic E-state index is 0.0226. The second kappa shape index (κ2) is 8.78. The van der Waals surface area contributed by atoms with Gasteiger partial charge in [-0.3, -0.25) is 14.5 Å². The van der Waals surface area contributed by atoms with Crippen molar-refractivity contribution in [1.82, 2.24) is 4.90 Å². The number of ether oxygens (including phenoxy) is 1. The predicted molar refractivity (Wildman–Crippen MR) is 104 cm³/mol. The summed E-state index contributed by atoms with van der Waals surface area (Å²) in [7, 11) is 0. The van der Waals surface area contributed by atoms with Crippen molar-refractivity contribution in [1.29, 1.82) is 0 Å². The Morgan fingerprint density at radius 2 is 1.86 bits per heavy atom. The number of nitrogens with one attached hydrogen (secondary N) is 1. The van der Waals surface area contributed by atoms with E-state index in [1.54, 1.807) is 37.3 Å². The molecule has 1 heterocycles. The van der Waals surface area contributed by atoms with E-state index in [0.29, 0.717) is 16.8 Å². The first kappa shape index (κ1) is 20.4. The topological polar surface area (TPSA) is 116 Å². The van der Waals surface area contributed by atoms with Crippen LogP contribution in [0.5, 0.6) is 0 Å². The average Bonchev–Trinajstić information content (AvgIpc) is 2.96. The maximum atomic E-state index is 12.6. The van der Waals surface area contributed by atoms with Crippen LogP contribution in [0.15, 0.2) is 48.5 Å². The summed E-state index contributed by atoms with van der Waals surface area (Å²) in [4.78, 5) is 48.6. The van der Waals surface area contributed by atoms with Crippen LogP contribution in [0, 0.1) is 0 Å². The van der Waals surface area contributed by atoms with Gasteiger partial charge in [0.1, 0.15) is 0 Å². The van der Waals surface area contributed by atoms with E-state index in [9.17, 15) is 24.3 Å². The van der Waals surface area contributed by atoms with Crippen LogP contribution in [0.25, 0.3) is 0 Å². The van der Waals surface area contributed by atoms with E-state index in [2.05, 4.69) is 5.32 Å². The summed E-state index contributed by atoms with van der Waals surface area (Å²) in [5, 5.41) is 12.7. The molecule has 0 spiro atoms. The molecular formula is C20H17N2O6S-. The highest BCUT2D eigenvalue weighted by Crippen LogP contribution is 2.29. The van der Waals surface area contributed by atoms with Gasteiger partial charge in [0.15, 0.2) is 5.37 Å². The normalized spacial score (nSPS) is 16.0. The van der Waals surface area contributed by atoms with E-state index in [1.807, 2.05) is 0 Å². The number of thioether (sulfide) groups is 1. The van der Waals surface area contributed by atoms with Crippen LogP contribution >= 0.6 is 11.8 Å². The van der Waals surface area contributed by atoms with E-state index in [-0.39, 0.29) is 18.7 Å². The van der Waals surface area contributed by atoms with Gasteiger partial charge in [0.25, 0.3) is 11.1 Å². The summed E-state index contributed by atoms with van der Waals surface area (Å²) in [6.07, 6.45) is 0. The van der Waals surface area contributed by atoms with Gasteiger partial charge in [-0.15, -0.1) is 0 Å². The first-order chi connectivity index (χ1) is 13.9. The number of aromatic carboxylic acids is 1. The summed E-state index contributed by atoms with van der Waals surface area (Å²) < 4.78 is 4.92. The van der Waals surface area contributed by atoms with Crippen molar-refractivity contribution in [2.75, 3.05) is 11.9 Å². The van der Waals surface area contributed by atoms with Crippen LogP contribution in [0.2, 0.25) is 0 Å². The fraction of sp³-hybridized carbons (Fsp3) is 0.200. The fourth-order valence-corrected chi connectivity index (χ4v) is 3.63. The highest BCUT2D eigenvalue weighted by atomic mass is 32.2. The maximum Gasteiger partial charge on any atom is 0.338 e. The largest absolute Gasteiger partial charge is 0.545 e. The second-order valence-corrected chi connectivity index (χ2v) is 7.17. The highest BCUT2D eigenvalue weighted by Gasteiger charge is 2.39. The standard InChI is InChI=1S/C20H18N2O6S/c1-2-28-19(26)13-6-8-15(9-7-13)21-16-17(23)22(20(27)29-16)11-12-4-3-5-14(10-12)18(24)25/h3-10,16,21H,2,11H2,1H3,(H,24,25)/p-1/t16-/m0/s1. The molecule has 1 atom stereocenters. The van der Waals surface area contributed by atoms with E-state index < -0.39 is 28.5 Å². The lowest BCUT2D eigenvalue weighted by atomic mass is 10.1. The number of amides is 2. The molecule has 0 saturated carbocycles. The zero-order valence-corrected chi connectivity index (χ0v) is 16.2. The Morgan fingerprint density at radius 1 is 1.14 bits per heavy atom. The molecular weight excluding hydrogens is 396 g/mol. The maximum absolute atomic E-state index is 12.6. The average molecular weight is 413 g/mol. The summed E-state index contributed by atoms with van der Waals surface area (Å²) in [6, 6.07) is 12.3. The molecule has 0 aliphatic carbocycles. The van der Waals surface area contributed by atoms with Gasteiger partial charge < -0.3 is 20.0 Å². The minimum Gasteiger partial charge on any atom is -0.545 e. The zero-order valence-electron chi connectivity index (χ0n) is 15.4. The van der Waals surface area contributed by atoms with Gasteiger partial charge in [0, 0.05) is 5.69 Å². The van der Waals surface area contributed by atoms with Crippen molar-refractivity contribution < 1.29 is 29.0 Å². The molecule has 2 aromatic rings. The zero-order chi connectivity index (χ0) is 21.0. The Bertz CT molecular complexity index is 960. The third kappa shape index (κ3) is 4.75. The quantitative estimate of drug-likeness (QED) is 0.684. The Hall–Kier alpha value is -3.33. The molecule has 2 amide bonds. The van der Waals surface area contributed by atoms with Crippen LogP contribution in [-0.2, 0) is 16.1 Å². The molecule has 1 fully saturated rings. The van der Waals surface area contributed by atoms with Crippen molar-refractivity contribution in [3.05, 3.63) is 65.2 Å². The lowest BCUT2D eigenvalue weighted by molar-refractivity contribution is -0.255. The molecule has 9 heteroatoms. The minimum atomic E-state index is -1.33. The number of hydrogen-bond donors (Lipinski definition) is 1. The molecule has 1 aliphatic rings. The summed E-state index contributed by atoms with van der Waals surface area (Å²) in [6.45, 7) is 1.95. The molecule has 1 aliphatic heterocycles. The number of anilines is 1. The number of carbonyl (C=O) groups is 4. The molecule has 150 valence electrons. The second-order valence-electron chi connectivity index (χ2n) is 6.12.